The van der Waals surface area contributed by atoms with Gasteiger partial charge in [0.15, 0.2) is 0 Å². The van der Waals surface area contributed by atoms with E-state index in [2.05, 4.69) is 22.2 Å². The van der Waals surface area contributed by atoms with Gasteiger partial charge >= 0.3 is 0 Å². The predicted molar refractivity (Wildman–Crippen MR) is 49.9 cm³/mol. The van der Waals surface area contributed by atoms with Crippen LogP contribution in [0.3, 0.4) is 0 Å². The zero-order chi connectivity index (χ0) is 8.27. The first-order valence-electron chi connectivity index (χ1n) is 3.56. The molecule has 1 aromatic rings. The lowest BCUT2D eigenvalue weighted by Gasteiger charge is -2.00. The molecule has 0 heterocycles. The van der Waals surface area contributed by atoms with Crippen LogP contribution in [-0.4, -0.2) is 0 Å². The summed E-state index contributed by atoms with van der Waals surface area (Å²) in [7, 11) is 2.64. The van der Waals surface area contributed by atoms with Gasteiger partial charge in [0.2, 0.25) is 0 Å². The Balaban J connectivity index is 3.12. The maximum Gasteiger partial charge on any atom is 0.0991 e. The van der Waals surface area contributed by atoms with Crippen LogP contribution < -0.4 is 5.30 Å². The third kappa shape index (κ3) is 1.79. The van der Waals surface area contributed by atoms with E-state index in [0.717, 1.165) is 17.3 Å². The molecule has 11 heavy (non-hydrogen) atoms. The van der Waals surface area contributed by atoms with Crippen molar-refractivity contribution in [2.75, 3.05) is 0 Å². The van der Waals surface area contributed by atoms with E-state index in [0.29, 0.717) is 0 Å². The van der Waals surface area contributed by atoms with Crippen molar-refractivity contribution in [2.24, 2.45) is 0 Å². The zero-order valence-corrected chi connectivity index (χ0v) is 7.62. The molecule has 0 radical (unpaired) electrons. The molecule has 1 nitrogen and oxygen atoms in total. The van der Waals surface area contributed by atoms with Gasteiger partial charge < -0.3 is 0 Å². The summed E-state index contributed by atoms with van der Waals surface area (Å²) in [5.74, 6) is 0. The van der Waals surface area contributed by atoms with Crippen molar-refractivity contribution < 1.29 is 0 Å². The minimum atomic E-state index is 0.729. The van der Waals surface area contributed by atoms with Crippen LogP contribution in [0.2, 0.25) is 0 Å². The highest BCUT2D eigenvalue weighted by molar-refractivity contribution is 7.27. The Morgan fingerprint density at radius 1 is 1.55 bits per heavy atom. The summed E-state index contributed by atoms with van der Waals surface area (Å²) in [6.45, 7) is 2.11. The fourth-order valence-electron chi connectivity index (χ4n) is 0.986. The Morgan fingerprint density at radius 2 is 2.27 bits per heavy atom. The largest absolute Gasteiger partial charge is 0.192 e. The smallest absolute Gasteiger partial charge is 0.0991 e. The molecule has 0 aliphatic rings. The molecule has 0 aliphatic heterocycles. The molecular formula is C9H10NP. The van der Waals surface area contributed by atoms with Crippen LogP contribution in [0.25, 0.3) is 0 Å². The van der Waals surface area contributed by atoms with Crippen LogP contribution >= 0.6 is 9.24 Å². The van der Waals surface area contributed by atoms with E-state index < -0.39 is 0 Å². The molecule has 1 unspecified atom stereocenters. The minimum absolute atomic E-state index is 0.729. The Kier molecular flexibility index (Phi) is 2.63. The predicted octanol–water partition coefficient (Wildman–Crippen LogP) is 1.62. The van der Waals surface area contributed by atoms with E-state index >= 15 is 0 Å². The van der Waals surface area contributed by atoms with Gasteiger partial charge in [0.05, 0.1) is 11.6 Å². The zero-order valence-electron chi connectivity index (χ0n) is 6.46. The van der Waals surface area contributed by atoms with Crippen molar-refractivity contribution in [1.82, 2.24) is 0 Å². The quantitative estimate of drug-likeness (QED) is 0.577. The van der Waals surface area contributed by atoms with E-state index in [-0.39, 0.29) is 0 Å². The highest BCUT2D eigenvalue weighted by Gasteiger charge is 1.96. The summed E-state index contributed by atoms with van der Waals surface area (Å²) in [6, 6.07) is 7.85. The third-order valence-corrected chi connectivity index (χ3v) is 2.19. The second kappa shape index (κ2) is 3.51. The lowest BCUT2D eigenvalue weighted by Crippen LogP contribution is -2.00. The van der Waals surface area contributed by atoms with Crippen LogP contribution in [0.1, 0.15) is 18.1 Å². The second-order valence-corrected chi connectivity index (χ2v) is 3.00. The van der Waals surface area contributed by atoms with Gasteiger partial charge in [-0.1, -0.05) is 13.0 Å². The summed E-state index contributed by atoms with van der Waals surface area (Å²) in [6.07, 6.45) is 1.02. The van der Waals surface area contributed by atoms with Crippen LogP contribution in [0.5, 0.6) is 0 Å². The average molecular weight is 163 g/mol. The molecule has 0 spiro atoms. The van der Waals surface area contributed by atoms with E-state index in [1.807, 2.05) is 18.2 Å². The van der Waals surface area contributed by atoms with Crippen molar-refractivity contribution in [3.05, 3.63) is 29.3 Å². The van der Waals surface area contributed by atoms with Crippen LogP contribution in [0, 0.1) is 11.3 Å². The molecule has 0 saturated heterocycles. The Morgan fingerprint density at radius 3 is 2.73 bits per heavy atom. The molecule has 56 valence electrons. The number of hydrogen-bond acceptors (Lipinski definition) is 1. The standard InChI is InChI=1S/C9H10NP/c1-2-8-4-3-7(6-10)5-9(8)11/h3-5H,2,11H2,1H3. The highest BCUT2D eigenvalue weighted by Crippen LogP contribution is 2.04. The Bertz CT molecular complexity index is 299. The van der Waals surface area contributed by atoms with Gasteiger partial charge in [0.1, 0.15) is 0 Å². The normalized spacial score (nSPS) is 9.18. The summed E-state index contributed by atoms with van der Waals surface area (Å²) in [5.41, 5.74) is 2.02. The molecule has 1 rings (SSSR count). The van der Waals surface area contributed by atoms with E-state index in [1.54, 1.807) is 0 Å². The van der Waals surface area contributed by atoms with Gasteiger partial charge in [0, 0.05) is 0 Å². The minimum Gasteiger partial charge on any atom is -0.192 e. The van der Waals surface area contributed by atoms with Gasteiger partial charge in [-0.3, -0.25) is 0 Å². The molecule has 0 bridgehead atoms. The monoisotopic (exact) mass is 163 g/mol. The molecule has 0 aromatic heterocycles. The molecule has 0 amide bonds. The summed E-state index contributed by atoms with van der Waals surface area (Å²) in [5, 5.41) is 9.70. The molecule has 0 fully saturated rings. The average Bonchev–Trinajstić information content (AvgIpc) is 2.04. The summed E-state index contributed by atoms with van der Waals surface area (Å²) >= 11 is 0. The fraction of sp³-hybridized carbons (Fsp3) is 0.222. The number of aryl methyl sites for hydroxylation is 1. The second-order valence-electron chi connectivity index (χ2n) is 2.38. The first kappa shape index (κ1) is 8.24. The maximum absolute atomic E-state index is 8.57. The number of nitrogens with zero attached hydrogens (tertiary/aromatic N) is 1. The van der Waals surface area contributed by atoms with Crippen molar-refractivity contribution in [3.8, 4) is 6.07 Å². The molecule has 1 aromatic carbocycles. The molecule has 0 aliphatic carbocycles. The number of rotatable bonds is 1. The highest BCUT2D eigenvalue weighted by atomic mass is 31.0. The summed E-state index contributed by atoms with van der Waals surface area (Å²) < 4.78 is 0. The summed E-state index contributed by atoms with van der Waals surface area (Å²) in [4.78, 5) is 0. The Labute approximate surface area is 69.2 Å². The lowest BCUT2D eigenvalue weighted by atomic mass is 10.1. The first-order chi connectivity index (χ1) is 5.27. The van der Waals surface area contributed by atoms with Gasteiger partial charge in [-0.25, -0.2) is 0 Å². The number of nitriles is 1. The molecule has 0 N–H and O–H groups in total. The van der Waals surface area contributed by atoms with E-state index in [9.17, 15) is 0 Å². The van der Waals surface area contributed by atoms with Crippen LogP contribution in [0.4, 0.5) is 0 Å². The van der Waals surface area contributed by atoms with Gasteiger partial charge in [0.25, 0.3) is 0 Å². The lowest BCUT2D eigenvalue weighted by molar-refractivity contribution is 1.15. The van der Waals surface area contributed by atoms with Crippen molar-refractivity contribution in [2.45, 2.75) is 13.3 Å². The van der Waals surface area contributed by atoms with E-state index in [1.165, 1.54) is 5.56 Å². The molecular weight excluding hydrogens is 153 g/mol. The van der Waals surface area contributed by atoms with Gasteiger partial charge in [-0.05, 0) is 29.4 Å². The first-order valence-corrected chi connectivity index (χ1v) is 4.14. The van der Waals surface area contributed by atoms with Crippen molar-refractivity contribution >= 4 is 14.5 Å². The van der Waals surface area contributed by atoms with Gasteiger partial charge in [-0.15, -0.1) is 9.24 Å². The number of hydrogen-bond donors (Lipinski definition) is 0. The molecule has 0 saturated carbocycles. The number of benzene rings is 1. The van der Waals surface area contributed by atoms with Crippen LogP contribution in [-0.2, 0) is 6.42 Å². The van der Waals surface area contributed by atoms with E-state index in [4.69, 9.17) is 5.26 Å². The molecule has 2 heteroatoms. The fourth-order valence-corrected chi connectivity index (χ4v) is 1.47. The topological polar surface area (TPSA) is 23.8 Å². The van der Waals surface area contributed by atoms with Crippen LogP contribution in [0.15, 0.2) is 18.2 Å². The molecule has 1 atom stereocenters. The maximum atomic E-state index is 8.57. The Hall–Kier alpha value is -0.860. The van der Waals surface area contributed by atoms with Gasteiger partial charge in [-0.2, -0.15) is 5.26 Å². The third-order valence-electron chi connectivity index (χ3n) is 1.66. The van der Waals surface area contributed by atoms with Crippen molar-refractivity contribution in [3.63, 3.8) is 0 Å². The SMILES string of the molecule is CCc1ccc(C#N)cc1P. The van der Waals surface area contributed by atoms with Crippen molar-refractivity contribution in [1.29, 1.82) is 5.26 Å².